The third kappa shape index (κ3) is 5.53. The molecule has 4 unspecified atom stereocenters. The molecule has 0 heterocycles. The molecule has 0 aliphatic rings. The number of aryl methyl sites for hydroxylation is 1. The predicted octanol–water partition coefficient (Wildman–Crippen LogP) is -2.30. The van der Waals surface area contributed by atoms with E-state index in [1.807, 2.05) is 4.83 Å². The van der Waals surface area contributed by atoms with Crippen molar-refractivity contribution in [3.63, 3.8) is 0 Å². The van der Waals surface area contributed by atoms with E-state index in [-0.39, 0.29) is 4.90 Å². The van der Waals surface area contributed by atoms with Crippen LogP contribution in [0.25, 0.3) is 0 Å². The minimum Gasteiger partial charge on any atom is -0.394 e. The Bertz CT molecular complexity index is 618. The average Bonchev–Trinajstić information content (AvgIpc) is 2.52. The number of hydrogen-bond donors (Lipinski definition) is 6. The number of rotatable bonds is 8. The molecule has 0 saturated carbocycles. The van der Waals surface area contributed by atoms with Crippen LogP contribution < -0.4 is 4.83 Å². The molecule has 6 N–H and O–H groups in total. The van der Waals surface area contributed by atoms with Crippen LogP contribution in [-0.4, -0.2) is 71.2 Å². The van der Waals surface area contributed by atoms with Crippen LogP contribution in [0.2, 0.25) is 0 Å². The molecule has 23 heavy (non-hydrogen) atoms. The van der Waals surface area contributed by atoms with Gasteiger partial charge in [-0.05, 0) is 19.1 Å². The van der Waals surface area contributed by atoms with Crippen molar-refractivity contribution in [3.05, 3.63) is 29.8 Å². The summed E-state index contributed by atoms with van der Waals surface area (Å²) in [6, 6.07) is 5.95. The van der Waals surface area contributed by atoms with Crippen LogP contribution >= 0.6 is 0 Å². The van der Waals surface area contributed by atoms with Crippen molar-refractivity contribution >= 4 is 16.2 Å². The monoisotopic (exact) mass is 348 g/mol. The molecule has 0 bridgehead atoms. The summed E-state index contributed by atoms with van der Waals surface area (Å²) in [6.07, 6.45) is -6.44. The Labute approximate surface area is 133 Å². The first-order chi connectivity index (χ1) is 10.7. The molecule has 0 aliphatic heterocycles. The van der Waals surface area contributed by atoms with E-state index >= 15 is 0 Å². The van der Waals surface area contributed by atoms with Gasteiger partial charge in [-0.1, -0.05) is 17.7 Å². The summed E-state index contributed by atoms with van der Waals surface area (Å²) < 4.78 is 23.8. The van der Waals surface area contributed by atoms with Crippen LogP contribution in [0.5, 0.6) is 0 Å². The van der Waals surface area contributed by atoms with Crippen molar-refractivity contribution in [1.82, 2.24) is 4.83 Å². The summed E-state index contributed by atoms with van der Waals surface area (Å²) in [5.41, 5.74) is 0.877. The third-order valence-corrected chi connectivity index (χ3v) is 4.25. The van der Waals surface area contributed by atoms with Gasteiger partial charge in [-0.2, -0.15) is 13.5 Å². The standard InChI is InChI=1S/C13H20N2O7S/c1-8-2-4-9(5-3-8)23(21,22)15-14-6-10(17)12(19)13(20)11(18)7-16/h2-6,10-13,15-20H,7H2,1H3/b14-6+. The maximum absolute atomic E-state index is 11.9. The Morgan fingerprint density at radius 3 is 2.22 bits per heavy atom. The van der Waals surface area contributed by atoms with Gasteiger partial charge in [0, 0.05) is 0 Å². The summed E-state index contributed by atoms with van der Waals surface area (Å²) in [6.45, 7) is 0.980. The smallest absolute Gasteiger partial charge is 0.276 e. The molecule has 0 radical (unpaired) electrons. The van der Waals surface area contributed by atoms with E-state index < -0.39 is 41.0 Å². The number of nitrogens with one attached hydrogen (secondary N) is 1. The van der Waals surface area contributed by atoms with Crippen LogP contribution in [0, 0.1) is 6.92 Å². The van der Waals surface area contributed by atoms with Crippen molar-refractivity contribution in [3.8, 4) is 0 Å². The summed E-state index contributed by atoms with van der Waals surface area (Å²) in [5.74, 6) is 0. The molecular formula is C13H20N2O7S. The highest BCUT2D eigenvalue weighted by atomic mass is 32.2. The molecule has 0 amide bonds. The highest BCUT2D eigenvalue weighted by molar-refractivity contribution is 7.89. The average molecular weight is 348 g/mol. The summed E-state index contributed by atoms with van der Waals surface area (Å²) >= 11 is 0. The quantitative estimate of drug-likeness (QED) is 0.227. The van der Waals surface area contributed by atoms with Crippen LogP contribution in [0.1, 0.15) is 5.56 Å². The molecule has 4 atom stereocenters. The number of sulfonamides is 1. The SMILES string of the molecule is Cc1ccc(S(=O)(=O)N/N=C/C(O)C(O)C(O)C(O)CO)cc1. The number of hydrogen-bond acceptors (Lipinski definition) is 8. The van der Waals surface area contributed by atoms with E-state index in [0.29, 0.717) is 6.21 Å². The van der Waals surface area contributed by atoms with Gasteiger partial charge < -0.3 is 25.5 Å². The molecule has 1 aromatic carbocycles. The van der Waals surface area contributed by atoms with E-state index in [1.165, 1.54) is 12.1 Å². The Hall–Kier alpha value is -1.56. The maximum Gasteiger partial charge on any atom is 0.276 e. The van der Waals surface area contributed by atoms with Gasteiger partial charge in [0.05, 0.1) is 17.7 Å². The molecule has 0 fully saturated rings. The molecule has 0 saturated heterocycles. The molecule has 10 heteroatoms. The summed E-state index contributed by atoms with van der Waals surface area (Å²) in [7, 11) is -3.93. The number of aliphatic hydroxyl groups is 5. The van der Waals surface area contributed by atoms with E-state index in [2.05, 4.69) is 5.10 Å². The molecule has 1 rings (SSSR count). The van der Waals surface area contributed by atoms with Crippen LogP contribution in [0.4, 0.5) is 0 Å². The molecule has 0 aromatic heterocycles. The van der Waals surface area contributed by atoms with Gasteiger partial charge in [-0.15, -0.1) is 0 Å². The fraction of sp³-hybridized carbons (Fsp3) is 0.462. The minimum absolute atomic E-state index is 0.0361. The second kappa shape index (κ2) is 8.34. The van der Waals surface area contributed by atoms with Crippen LogP contribution in [0.15, 0.2) is 34.3 Å². The van der Waals surface area contributed by atoms with E-state index in [4.69, 9.17) is 10.2 Å². The topological polar surface area (TPSA) is 160 Å². The lowest BCUT2D eigenvalue weighted by molar-refractivity contribution is -0.0999. The van der Waals surface area contributed by atoms with Gasteiger partial charge in [0.2, 0.25) is 0 Å². The van der Waals surface area contributed by atoms with Crippen LogP contribution in [-0.2, 0) is 10.0 Å². The third-order valence-electron chi connectivity index (χ3n) is 3.01. The van der Waals surface area contributed by atoms with Gasteiger partial charge in [-0.25, -0.2) is 4.83 Å². The Kier molecular flexibility index (Phi) is 7.06. The van der Waals surface area contributed by atoms with Crippen molar-refractivity contribution in [1.29, 1.82) is 0 Å². The highest BCUT2D eigenvalue weighted by Gasteiger charge is 2.29. The lowest BCUT2D eigenvalue weighted by atomic mass is 10.0. The first-order valence-electron chi connectivity index (χ1n) is 6.64. The molecule has 0 spiro atoms. The summed E-state index contributed by atoms with van der Waals surface area (Å²) in [4.78, 5) is 1.80. The second-order valence-corrected chi connectivity index (χ2v) is 6.57. The lowest BCUT2D eigenvalue weighted by Crippen LogP contribution is -2.46. The van der Waals surface area contributed by atoms with Crippen molar-refractivity contribution < 1.29 is 34.0 Å². The first kappa shape index (κ1) is 19.5. The predicted molar refractivity (Wildman–Crippen MR) is 81.1 cm³/mol. The largest absolute Gasteiger partial charge is 0.394 e. The summed E-state index contributed by atoms with van der Waals surface area (Å²) in [5, 5.41) is 49.6. The number of benzene rings is 1. The number of hydrazone groups is 1. The maximum atomic E-state index is 11.9. The van der Waals surface area contributed by atoms with Gasteiger partial charge in [0.15, 0.2) is 0 Å². The number of nitrogens with zero attached hydrogens (tertiary/aromatic N) is 1. The fourth-order valence-corrected chi connectivity index (χ4v) is 2.37. The zero-order chi connectivity index (χ0) is 17.6. The van der Waals surface area contributed by atoms with Crippen molar-refractivity contribution in [2.75, 3.05) is 6.61 Å². The molecular weight excluding hydrogens is 328 g/mol. The zero-order valence-electron chi connectivity index (χ0n) is 12.3. The van der Waals surface area contributed by atoms with Crippen molar-refractivity contribution in [2.24, 2.45) is 5.10 Å². The normalized spacial score (nSPS) is 17.7. The number of aliphatic hydroxyl groups excluding tert-OH is 5. The minimum atomic E-state index is -3.93. The second-order valence-electron chi connectivity index (χ2n) is 4.91. The first-order valence-corrected chi connectivity index (χ1v) is 8.12. The van der Waals surface area contributed by atoms with E-state index in [1.54, 1.807) is 19.1 Å². The Morgan fingerprint density at radius 1 is 1.13 bits per heavy atom. The van der Waals surface area contributed by atoms with E-state index in [0.717, 1.165) is 5.56 Å². The molecule has 1 aromatic rings. The van der Waals surface area contributed by atoms with Crippen molar-refractivity contribution in [2.45, 2.75) is 36.2 Å². The highest BCUT2D eigenvalue weighted by Crippen LogP contribution is 2.09. The molecule has 9 nitrogen and oxygen atoms in total. The Balaban J connectivity index is 2.69. The fourth-order valence-electron chi connectivity index (χ4n) is 1.57. The molecule has 0 aliphatic carbocycles. The van der Waals surface area contributed by atoms with Gasteiger partial charge in [-0.3, -0.25) is 0 Å². The van der Waals surface area contributed by atoms with Gasteiger partial charge in [0.1, 0.15) is 24.4 Å². The zero-order valence-corrected chi connectivity index (χ0v) is 13.1. The van der Waals surface area contributed by atoms with Gasteiger partial charge >= 0.3 is 0 Å². The lowest BCUT2D eigenvalue weighted by Gasteiger charge is -2.23. The van der Waals surface area contributed by atoms with Crippen LogP contribution in [0.3, 0.4) is 0 Å². The van der Waals surface area contributed by atoms with Gasteiger partial charge in [0.25, 0.3) is 10.0 Å². The Morgan fingerprint density at radius 2 is 1.70 bits per heavy atom. The molecule has 130 valence electrons. The van der Waals surface area contributed by atoms with E-state index in [9.17, 15) is 23.7 Å².